The lowest BCUT2D eigenvalue weighted by Crippen LogP contribution is -2.61. The maximum absolute atomic E-state index is 13.4. The summed E-state index contributed by atoms with van der Waals surface area (Å²) in [5, 5.41) is 7.78. The van der Waals surface area contributed by atoms with E-state index in [1.807, 2.05) is 21.8 Å². The van der Waals surface area contributed by atoms with E-state index >= 15 is 0 Å². The molecule has 3 rings (SSSR count). The van der Waals surface area contributed by atoms with Crippen molar-refractivity contribution < 1.29 is 9.53 Å². The van der Waals surface area contributed by atoms with Crippen molar-refractivity contribution in [2.75, 3.05) is 53.0 Å². The van der Waals surface area contributed by atoms with Gasteiger partial charge in [0.05, 0.1) is 6.61 Å². The van der Waals surface area contributed by atoms with Gasteiger partial charge in [0.2, 0.25) is 0 Å². The van der Waals surface area contributed by atoms with Crippen LogP contribution in [0.1, 0.15) is 19.8 Å². The van der Waals surface area contributed by atoms with E-state index in [9.17, 15) is 4.79 Å². The van der Waals surface area contributed by atoms with Crippen LogP contribution in [0.15, 0.2) is 18.5 Å². The minimum absolute atomic E-state index is 0. The average Bonchev–Trinajstić information content (AvgIpc) is 3.16. The van der Waals surface area contributed by atoms with E-state index in [0.717, 1.165) is 58.7 Å². The lowest BCUT2D eigenvalue weighted by molar-refractivity contribution is -0.146. The van der Waals surface area contributed by atoms with Gasteiger partial charge in [0.15, 0.2) is 0 Å². The Hall–Kier alpha value is -0.860. The second-order valence-corrected chi connectivity index (χ2v) is 6.86. The highest BCUT2D eigenvalue weighted by Gasteiger charge is 2.45. The molecule has 0 radical (unpaired) electrons. The zero-order chi connectivity index (χ0) is 17.0. The Morgan fingerprint density at radius 2 is 2.04 bits per heavy atom. The number of methoxy groups -OCH3 is 1. The summed E-state index contributed by atoms with van der Waals surface area (Å²) < 4.78 is 7.07. The van der Waals surface area contributed by atoms with Crippen molar-refractivity contribution in [3.63, 3.8) is 0 Å². The van der Waals surface area contributed by atoms with Gasteiger partial charge in [0.1, 0.15) is 5.54 Å². The fourth-order valence-electron chi connectivity index (χ4n) is 3.92. The molecule has 2 fully saturated rings. The van der Waals surface area contributed by atoms with Crippen LogP contribution < -0.4 is 5.32 Å². The predicted molar refractivity (Wildman–Crippen MR) is 106 cm³/mol. The number of nitrogens with zero attached hydrogens (tertiary/aromatic N) is 4. The topological polar surface area (TPSA) is 62.6 Å². The summed E-state index contributed by atoms with van der Waals surface area (Å²) in [4.78, 5) is 17.9. The number of piperidine rings is 1. The van der Waals surface area contributed by atoms with Crippen LogP contribution in [0.25, 0.3) is 0 Å². The molecule has 0 aromatic carbocycles. The van der Waals surface area contributed by atoms with Crippen LogP contribution in [-0.2, 0) is 15.1 Å². The monoisotopic (exact) mass is 407 g/mol. The van der Waals surface area contributed by atoms with Gasteiger partial charge in [0, 0.05) is 51.7 Å². The van der Waals surface area contributed by atoms with Crippen molar-refractivity contribution in [3.05, 3.63) is 18.5 Å². The smallest absolute Gasteiger partial charge is 0.250 e. The largest absolute Gasteiger partial charge is 0.383 e. The Morgan fingerprint density at radius 3 is 2.62 bits per heavy atom. The first-order chi connectivity index (χ1) is 11.7. The Morgan fingerprint density at radius 1 is 1.31 bits per heavy atom. The number of hydrogen-bond donors (Lipinski definition) is 1. The number of rotatable bonds is 5. The first-order valence-corrected chi connectivity index (χ1v) is 8.90. The van der Waals surface area contributed by atoms with Gasteiger partial charge >= 0.3 is 0 Å². The van der Waals surface area contributed by atoms with Crippen LogP contribution in [-0.4, -0.2) is 84.5 Å². The number of piperazine rings is 1. The highest BCUT2D eigenvalue weighted by molar-refractivity contribution is 5.86. The molecule has 7 nitrogen and oxygen atoms in total. The quantitative estimate of drug-likeness (QED) is 0.787. The molecule has 1 aromatic rings. The van der Waals surface area contributed by atoms with Gasteiger partial charge in [-0.2, -0.15) is 5.10 Å². The number of carbonyl (C=O) groups excluding carboxylic acids is 1. The fraction of sp³-hybridized carbons (Fsp3) is 0.765. The Labute approximate surface area is 168 Å². The van der Waals surface area contributed by atoms with Crippen LogP contribution in [0.4, 0.5) is 0 Å². The zero-order valence-corrected chi connectivity index (χ0v) is 17.2. The predicted octanol–water partition coefficient (Wildman–Crippen LogP) is 0.984. The van der Waals surface area contributed by atoms with Crippen molar-refractivity contribution in [2.24, 2.45) is 0 Å². The van der Waals surface area contributed by atoms with Gasteiger partial charge in [-0.1, -0.05) is 0 Å². The first kappa shape index (κ1) is 23.2. The molecule has 1 atom stereocenters. The lowest BCUT2D eigenvalue weighted by Gasteiger charge is -2.45. The Balaban J connectivity index is 0.00000169. The number of amides is 1. The third kappa shape index (κ3) is 4.70. The van der Waals surface area contributed by atoms with E-state index in [4.69, 9.17) is 4.74 Å². The molecule has 1 unspecified atom stereocenters. The maximum atomic E-state index is 13.4. The standard InChI is InChI=1S/C17H29N5O2.2ClH/c1-15-14-21(11-10-20(15)12-13-24-2)16(23)17(4-7-18-8-5-17)22-9-3-6-19-22;;/h3,6,9,15,18H,4-5,7-8,10-14H2,1-2H3;2*1H. The minimum Gasteiger partial charge on any atom is -0.383 e. The second kappa shape index (κ2) is 10.5. The Bertz CT molecular complexity index is 537. The van der Waals surface area contributed by atoms with Gasteiger partial charge in [-0.05, 0) is 38.9 Å². The molecule has 0 saturated carbocycles. The third-order valence-corrected chi connectivity index (χ3v) is 5.41. The van der Waals surface area contributed by atoms with Crippen LogP contribution in [0.5, 0.6) is 0 Å². The number of ether oxygens (including phenoxy) is 1. The highest BCUT2D eigenvalue weighted by atomic mass is 35.5. The summed E-state index contributed by atoms with van der Waals surface area (Å²) >= 11 is 0. The maximum Gasteiger partial charge on any atom is 0.250 e. The highest BCUT2D eigenvalue weighted by Crippen LogP contribution is 2.30. The van der Waals surface area contributed by atoms with Crippen LogP contribution in [0.2, 0.25) is 0 Å². The molecule has 1 amide bonds. The van der Waals surface area contributed by atoms with Gasteiger partial charge in [-0.15, -0.1) is 24.8 Å². The minimum atomic E-state index is -0.525. The fourth-order valence-corrected chi connectivity index (χ4v) is 3.92. The van der Waals surface area contributed by atoms with Crippen molar-refractivity contribution >= 4 is 30.7 Å². The van der Waals surface area contributed by atoms with Crippen molar-refractivity contribution in [3.8, 4) is 0 Å². The summed E-state index contributed by atoms with van der Waals surface area (Å²) in [5.74, 6) is 0.228. The molecule has 150 valence electrons. The van der Waals surface area contributed by atoms with E-state index in [2.05, 4.69) is 22.2 Å². The SMILES string of the molecule is COCCN1CCN(C(=O)C2(n3cccn3)CCNCC2)CC1C.Cl.Cl. The molecule has 0 spiro atoms. The van der Waals surface area contributed by atoms with Crippen LogP contribution in [0.3, 0.4) is 0 Å². The molecule has 1 N–H and O–H groups in total. The van der Waals surface area contributed by atoms with Gasteiger partial charge in [-0.3, -0.25) is 14.4 Å². The first-order valence-electron chi connectivity index (χ1n) is 8.90. The van der Waals surface area contributed by atoms with Crippen molar-refractivity contribution in [2.45, 2.75) is 31.3 Å². The van der Waals surface area contributed by atoms with E-state index < -0.39 is 5.54 Å². The summed E-state index contributed by atoms with van der Waals surface area (Å²) in [6.45, 7) is 8.03. The summed E-state index contributed by atoms with van der Waals surface area (Å²) in [6.07, 6.45) is 5.29. The average molecular weight is 408 g/mol. The second-order valence-electron chi connectivity index (χ2n) is 6.86. The summed E-state index contributed by atoms with van der Waals surface area (Å²) in [7, 11) is 1.73. The molecule has 0 aliphatic carbocycles. The number of halogens is 2. The Kier molecular flexibility index (Phi) is 9.33. The summed E-state index contributed by atoms with van der Waals surface area (Å²) in [6, 6.07) is 2.26. The molecule has 3 heterocycles. The molecule has 1 aromatic heterocycles. The normalized spacial score (nSPS) is 23.0. The number of nitrogens with one attached hydrogen (secondary N) is 1. The zero-order valence-electron chi connectivity index (χ0n) is 15.6. The molecule has 26 heavy (non-hydrogen) atoms. The molecule has 2 aliphatic heterocycles. The van der Waals surface area contributed by atoms with Gasteiger partial charge in [-0.25, -0.2) is 0 Å². The van der Waals surface area contributed by atoms with Crippen LogP contribution in [0, 0.1) is 0 Å². The third-order valence-electron chi connectivity index (χ3n) is 5.41. The van der Waals surface area contributed by atoms with Gasteiger partial charge in [0.25, 0.3) is 5.91 Å². The molecule has 9 heteroatoms. The molecular formula is C17H31Cl2N5O2. The van der Waals surface area contributed by atoms with E-state index in [1.165, 1.54) is 0 Å². The molecule has 0 bridgehead atoms. The lowest BCUT2D eigenvalue weighted by atomic mass is 9.86. The van der Waals surface area contributed by atoms with Crippen molar-refractivity contribution in [1.29, 1.82) is 0 Å². The summed E-state index contributed by atoms with van der Waals surface area (Å²) in [5.41, 5.74) is -0.525. The molecule has 2 saturated heterocycles. The van der Waals surface area contributed by atoms with Crippen molar-refractivity contribution in [1.82, 2.24) is 24.9 Å². The van der Waals surface area contributed by atoms with Crippen LogP contribution >= 0.6 is 24.8 Å². The molecule has 2 aliphatic rings. The van der Waals surface area contributed by atoms with E-state index in [1.54, 1.807) is 13.3 Å². The van der Waals surface area contributed by atoms with Gasteiger partial charge < -0.3 is 15.0 Å². The number of aromatic nitrogens is 2. The number of hydrogen-bond acceptors (Lipinski definition) is 5. The van der Waals surface area contributed by atoms with E-state index in [0.29, 0.717) is 6.04 Å². The molecular weight excluding hydrogens is 377 g/mol. The number of carbonyl (C=O) groups is 1. The van der Waals surface area contributed by atoms with E-state index in [-0.39, 0.29) is 30.7 Å².